The van der Waals surface area contributed by atoms with Crippen LogP contribution in [0.1, 0.15) is 47.5 Å². The Bertz CT molecular complexity index is 732. The fourth-order valence-electron chi connectivity index (χ4n) is 2.93. The SMILES string of the molecule is Cc1nn(Cc2ccc(C(=O)N[C@@H](C)[C@@H]3CCCO3)o2)c(C)c1Cl. The Morgan fingerprint density at radius 2 is 2.29 bits per heavy atom. The van der Waals surface area contributed by atoms with Crippen molar-refractivity contribution in [2.75, 3.05) is 6.61 Å². The minimum Gasteiger partial charge on any atom is -0.454 e. The van der Waals surface area contributed by atoms with Crippen molar-refractivity contribution in [2.24, 2.45) is 0 Å². The molecule has 0 bridgehead atoms. The standard InChI is InChI=1S/C17H22ClN3O3/c1-10(14-5-4-8-23-14)19-17(22)15-7-6-13(24-15)9-21-12(3)16(18)11(2)20-21/h6-7,10,14H,4-5,8-9H2,1-3H3,(H,19,22)/t10-,14-/m0/s1. The van der Waals surface area contributed by atoms with E-state index in [9.17, 15) is 4.79 Å². The average Bonchev–Trinajstić information content (AvgIpc) is 3.27. The van der Waals surface area contributed by atoms with Gasteiger partial charge in [0.15, 0.2) is 5.76 Å². The number of nitrogens with one attached hydrogen (secondary N) is 1. The molecule has 0 unspecified atom stereocenters. The first-order chi connectivity index (χ1) is 11.5. The second kappa shape index (κ2) is 6.99. The van der Waals surface area contributed by atoms with Crippen LogP contribution in [-0.4, -0.2) is 34.4 Å². The van der Waals surface area contributed by atoms with Gasteiger partial charge in [0.1, 0.15) is 5.76 Å². The van der Waals surface area contributed by atoms with Crippen LogP contribution in [0.15, 0.2) is 16.5 Å². The minimum atomic E-state index is -0.226. The summed E-state index contributed by atoms with van der Waals surface area (Å²) in [6.45, 7) is 6.92. The molecule has 1 fully saturated rings. The third-order valence-corrected chi connectivity index (χ3v) is 4.91. The van der Waals surface area contributed by atoms with Gasteiger partial charge in [-0.3, -0.25) is 9.48 Å². The summed E-state index contributed by atoms with van der Waals surface area (Å²) in [4.78, 5) is 12.3. The lowest BCUT2D eigenvalue weighted by Gasteiger charge is -2.19. The lowest BCUT2D eigenvalue weighted by Crippen LogP contribution is -2.40. The summed E-state index contributed by atoms with van der Waals surface area (Å²) in [5.74, 6) is 0.727. The molecule has 1 aliphatic rings. The Balaban J connectivity index is 1.64. The molecule has 3 rings (SSSR count). The molecule has 0 aromatic carbocycles. The van der Waals surface area contributed by atoms with E-state index in [1.54, 1.807) is 16.8 Å². The third-order valence-electron chi connectivity index (χ3n) is 4.37. The van der Waals surface area contributed by atoms with Crippen molar-refractivity contribution >= 4 is 17.5 Å². The highest BCUT2D eigenvalue weighted by Gasteiger charge is 2.25. The number of furan rings is 1. The highest BCUT2D eigenvalue weighted by molar-refractivity contribution is 6.31. The molecule has 2 aromatic rings. The second-order valence-electron chi connectivity index (χ2n) is 6.22. The van der Waals surface area contributed by atoms with Gasteiger partial charge >= 0.3 is 0 Å². The van der Waals surface area contributed by atoms with Crippen molar-refractivity contribution in [1.82, 2.24) is 15.1 Å². The summed E-state index contributed by atoms with van der Waals surface area (Å²) in [7, 11) is 0. The van der Waals surface area contributed by atoms with E-state index < -0.39 is 0 Å². The number of carbonyl (C=O) groups is 1. The zero-order chi connectivity index (χ0) is 17.3. The largest absolute Gasteiger partial charge is 0.454 e. The highest BCUT2D eigenvalue weighted by atomic mass is 35.5. The van der Waals surface area contributed by atoms with Crippen LogP contribution in [-0.2, 0) is 11.3 Å². The van der Waals surface area contributed by atoms with Gasteiger partial charge in [0.25, 0.3) is 5.91 Å². The van der Waals surface area contributed by atoms with Crippen LogP contribution in [0.4, 0.5) is 0 Å². The molecule has 1 saturated heterocycles. The number of hydrogen-bond donors (Lipinski definition) is 1. The number of amides is 1. The fraction of sp³-hybridized carbons (Fsp3) is 0.529. The van der Waals surface area contributed by atoms with E-state index in [2.05, 4.69) is 10.4 Å². The summed E-state index contributed by atoms with van der Waals surface area (Å²) in [6.07, 6.45) is 2.10. The van der Waals surface area contributed by atoms with Gasteiger partial charge in [-0.05, 0) is 45.7 Å². The maximum absolute atomic E-state index is 12.3. The predicted octanol–water partition coefficient (Wildman–Crippen LogP) is 3.09. The van der Waals surface area contributed by atoms with E-state index in [4.69, 9.17) is 20.8 Å². The van der Waals surface area contributed by atoms with Crippen molar-refractivity contribution in [1.29, 1.82) is 0 Å². The molecule has 2 atom stereocenters. The third kappa shape index (κ3) is 3.49. The van der Waals surface area contributed by atoms with Crippen LogP contribution < -0.4 is 5.32 Å². The first-order valence-corrected chi connectivity index (χ1v) is 8.54. The van der Waals surface area contributed by atoms with Crippen LogP contribution in [0.5, 0.6) is 0 Å². The Morgan fingerprint density at radius 3 is 2.92 bits per heavy atom. The number of halogens is 1. The molecule has 24 heavy (non-hydrogen) atoms. The first kappa shape index (κ1) is 17.0. The number of carbonyl (C=O) groups excluding carboxylic acids is 1. The van der Waals surface area contributed by atoms with Crippen molar-refractivity contribution in [2.45, 2.75) is 52.3 Å². The van der Waals surface area contributed by atoms with E-state index >= 15 is 0 Å². The number of aryl methyl sites for hydroxylation is 1. The molecular formula is C17H22ClN3O3. The summed E-state index contributed by atoms with van der Waals surface area (Å²) < 4.78 is 13.0. The summed E-state index contributed by atoms with van der Waals surface area (Å²) in [6, 6.07) is 3.43. The van der Waals surface area contributed by atoms with Crippen LogP contribution in [0.25, 0.3) is 0 Å². The number of hydrogen-bond acceptors (Lipinski definition) is 4. The van der Waals surface area contributed by atoms with Gasteiger partial charge in [0, 0.05) is 6.61 Å². The molecule has 0 spiro atoms. The van der Waals surface area contributed by atoms with Gasteiger partial charge in [-0.25, -0.2) is 0 Å². The van der Waals surface area contributed by atoms with Gasteiger partial charge in [0.05, 0.1) is 35.1 Å². The Hall–Kier alpha value is -1.79. The van der Waals surface area contributed by atoms with Gasteiger partial charge < -0.3 is 14.5 Å². The molecular weight excluding hydrogens is 330 g/mol. The van der Waals surface area contributed by atoms with E-state index in [0.29, 0.717) is 23.1 Å². The maximum Gasteiger partial charge on any atom is 0.287 e. The molecule has 3 heterocycles. The zero-order valence-electron chi connectivity index (χ0n) is 14.1. The molecule has 130 valence electrons. The van der Waals surface area contributed by atoms with E-state index in [1.165, 1.54) is 0 Å². The molecule has 1 amide bonds. The lowest BCUT2D eigenvalue weighted by molar-refractivity contribution is 0.0695. The number of nitrogens with zero attached hydrogens (tertiary/aromatic N) is 2. The van der Waals surface area contributed by atoms with E-state index in [1.807, 2.05) is 20.8 Å². The number of rotatable bonds is 5. The van der Waals surface area contributed by atoms with E-state index in [0.717, 1.165) is 30.8 Å². The minimum absolute atomic E-state index is 0.0385. The van der Waals surface area contributed by atoms with Crippen molar-refractivity contribution < 1.29 is 13.9 Å². The van der Waals surface area contributed by atoms with Gasteiger partial charge in [-0.15, -0.1) is 0 Å². The van der Waals surface area contributed by atoms with Gasteiger partial charge in [0.2, 0.25) is 0 Å². The van der Waals surface area contributed by atoms with Crippen molar-refractivity contribution in [3.05, 3.63) is 40.1 Å². The monoisotopic (exact) mass is 351 g/mol. The highest BCUT2D eigenvalue weighted by Crippen LogP contribution is 2.21. The molecule has 0 saturated carbocycles. The lowest BCUT2D eigenvalue weighted by atomic mass is 10.1. The average molecular weight is 352 g/mol. The fourth-order valence-corrected chi connectivity index (χ4v) is 3.06. The zero-order valence-corrected chi connectivity index (χ0v) is 14.9. The molecule has 6 nitrogen and oxygen atoms in total. The normalized spacial score (nSPS) is 18.8. The quantitative estimate of drug-likeness (QED) is 0.898. The molecule has 0 aliphatic carbocycles. The van der Waals surface area contributed by atoms with Crippen LogP contribution in [0.2, 0.25) is 5.02 Å². The summed E-state index contributed by atoms with van der Waals surface area (Å²) in [5.41, 5.74) is 1.66. The molecule has 2 aromatic heterocycles. The van der Waals surface area contributed by atoms with Gasteiger partial charge in [-0.2, -0.15) is 5.10 Å². The second-order valence-corrected chi connectivity index (χ2v) is 6.60. The Labute approximate surface area is 146 Å². The van der Waals surface area contributed by atoms with Crippen molar-refractivity contribution in [3.8, 4) is 0 Å². The Kier molecular flexibility index (Phi) is 4.96. The predicted molar refractivity (Wildman–Crippen MR) is 90.4 cm³/mol. The molecule has 1 aliphatic heterocycles. The Morgan fingerprint density at radius 1 is 1.50 bits per heavy atom. The molecule has 7 heteroatoms. The first-order valence-electron chi connectivity index (χ1n) is 8.16. The number of aromatic nitrogens is 2. The van der Waals surface area contributed by atoms with E-state index in [-0.39, 0.29) is 18.1 Å². The van der Waals surface area contributed by atoms with Crippen LogP contribution >= 0.6 is 11.6 Å². The summed E-state index contributed by atoms with van der Waals surface area (Å²) >= 11 is 6.15. The van der Waals surface area contributed by atoms with Crippen LogP contribution in [0, 0.1) is 13.8 Å². The number of ether oxygens (including phenoxy) is 1. The van der Waals surface area contributed by atoms with Crippen LogP contribution in [0.3, 0.4) is 0 Å². The molecule has 0 radical (unpaired) electrons. The van der Waals surface area contributed by atoms with Gasteiger partial charge in [-0.1, -0.05) is 11.6 Å². The summed E-state index contributed by atoms with van der Waals surface area (Å²) in [5, 5.41) is 7.96. The topological polar surface area (TPSA) is 69.3 Å². The maximum atomic E-state index is 12.3. The van der Waals surface area contributed by atoms with Crippen molar-refractivity contribution in [3.63, 3.8) is 0 Å². The smallest absolute Gasteiger partial charge is 0.287 e. The molecule has 1 N–H and O–H groups in total.